The molecule has 1 aliphatic carbocycles. The Balaban J connectivity index is 2.25. The number of alkyl halides is 3. The molecule has 1 heterocycles. The molecule has 0 aromatic carbocycles. The van der Waals surface area contributed by atoms with Gasteiger partial charge >= 0.3 is 12.1 Å². The fourth-order valence-electron chi connectivity index (χ4n) is 2.70. The Morgan fingerprint density at radius 1 is 1.38 bits per heavy atom. The minimum absolute atomic E-state index is 0.0970. The van der Waals surface area contributed by atoms with E-state index in [0.29, 0.717) is 17.1 Å². The second-order valence-electron chi connectivity index (χ2n) is 5.53. The number of aliphatic carboxylic acids is 1. The number of carbonyl (C=O) groups is 1. The smallest absolute Gasteiger partial charge is 0.393 e. The highest BCUT2D eigenvalue weighted by atomic mass is 32.2. The van der Waals surface area contributed by atoms with Gasteiger partial charge in [-0.1, -0.05) is 0 Å². The van der Waals surface area contributed by atoms with Crippen LogP contribution in [0.2, 0.25) is 0 Å². The summed E-state index contributed by atoms with van der Waals surface area (Å²) >= 11 is 0. The minimum atomic E-state index is -4.74. The first-order chi connectivity index (χ1) is 9.55. The summed E-state index contributed by atoms with van der Waals surface area (Å²) in [7, 11) is -2.69. The topological polar surface area (TPSA) is 83.9 Å². The molecule has 0 bridgehead atoms. The van der Waals surface area contributed by atoms with Crippen LogP contribution in [0.3, 0.4) is 0 Å². The van der Waals surface area contributed by atoms with Crippen molar-refractivity contribution in [2.24, 2.45) is 11.8 Å². The lowest BCUT2D eigenvalue weighted by molar-refractivity contribution is -0.187. The molecule has 2 rings (SSSR count). The van der Waals surface area contributed by atoms with Gasteiger partial charge in [-0.3, -0.25) is 4.79 Å². The maximum atomic E-state index is 12.9. The highest BCUT2D eigenvalue weighted by Crippen LogP contribution is 2.48. The van der Waals surface area contributed by atoms with E-state index in [2.05, 4.69) is 0 Å². The molecular formula is C11H16F3NO5S. The van der Waals surface area contributed by atoms with Crippen molar-refractivity contribution >= 4 is 16.0 Å². The van der Waals surface area contributed by atoms with Gasteiger partial charge in [-0.05, 0) is 12.8 Å². The SMILES string of the molecule is COCC1(S(=O)(=O)N2C[C@@H](C(F)(F)F)[C@H](C(=O)O)C2)CC1. The van der Waals surface area contributed by atoms with Gasteiger partial charge in [0.25, 0.3) is 0 Å². The van der Waals surface area contributed by atoms with E-state index in [1.807, 2.05) is 0 Å². The van der Waals surface area contributed by atoms with Crippen LogP contribution in [-0.4, -0.2) is 61.5 Å². The summed E-state index contributed by atoms with van der Waals surface area (Å²) in [6.07, 6.45) is -4.12. The Kier molecular flexibility index (Phi) is 4.00. The van der Waals surface area contributed by atoms with Crippen LogP contribution in [0.1, 0.15) is 12.8 Å². The number of nitrogens with zero attached hydrogens (tertiary/aromatic N) is 1. The number of rotatable bonds is 5. The van der Waals surface area contributed by atoms with Gasteiger partial charge < -0.3 is 9.84 Å². The predicted molar refractivity (Wildman–Crippen MR) is 65.0 cm³/mol. The van der Waals surface area contributed by atoms with E-state index < -0.39 is 51.8 Å². The summed E-state index contributed by atoms with van der Waals surface area (Å²) in [5.41, 5.74) is 0. The van der Waals surface area contributed by atoms with Crippen molar-refractivity contribution in [2.45, 2.75) is 23.8 Å². The number of methoxy groups -OCH3 is 1. The zero-order valence-corrected chi connectivity index (χ0v) is 12.1. The predicted octanol–water partition coefficient (Wildman–Crippen LogP) is 0.690. The van der Waals surface area contributed by atoms with E-state index in [1.54, 1.807) is 0 Å². The summed E-state index contributed by atoms with van der Waals surface area (Å²) in [6.45, 7) is -1.58. The van der Waals surface area contributed by atoms with E-state index in [0.717, 1.165) is 0 Å². The molecule has 122 valence electrons. The van der Waals surface area contributed by atoms with Gasteiger partial charge in [0.05, 0.1) is 18.4 Å². The molecule has 1 aliphatic heterocycles. The minimum Gasteiger partial charge on any atom is -0.481 e. The summed E-state index contributed by atoms with van der Waals surface area (Å²) in [5, 5.41) is 8.91. The first kappa shape index (κ1) is 16.5. The molecule has 2 aliphatic rings. The van der Waals surface area contributed by atoms with Crippen LogP contribution >= 0.6 is 0 Å². The number of ether oxygens (including phenoxy) is 1. The summed E-state index contributed by atoms with van der Waals surface area (Å²) < 4.78 is 67.8. The Labute approximate surface area is 119 Å². The third-order valence-corrected chi connectivity index (χ3v) is 6.72. The fourth-order valence-corrected chi connectivity index (χ4v) is 4.85. The van der Waals surface area contributed by atoms with Crippen molar-refractivity contribution in [3.63, 3.8) is 0 Å². The highest BCUT2D eigenvalue weighted by molar-refractivity contribution is 7.90. The Morgan fingerprint density at radius 2 is 1.95 bits per heavy atom. The number of hydrogen-bond acceptors (Lipinski definition) is 4. The molecule has 0 unspecified atom stereocenters. The molecule has 1 saturated carbocycles. The Hall–Kier alpha value is -0.870. The molecule has 21 heavy (non-hydrogen) atoms. The molecule has 1 saturated heterocycles. The molecular weight excluding hydrogens is 315 g/mol. The molecule has 0 amide bonds. The molecule has 2 atom stereocenters. The van der Waals surface area contributed by atoms with Crippen molar-refractivity contribution in [3.05, 3.63) is 0 Å². The lowest BCUT2D eigenvalue weighted by Crippen LogP contribution is -2.42. The monoisotopic (exact) mass is 331 g/mol. The van der Waals surface area contributed by atoms with E-state index in [1.165, 1.54) is 7.11 Å². The number of carboxylic acid groups (broad SMARTS) is 1. The second kappa shape index (κ2) is 5.10. The standard InChI is InChI=1S/C11H16F3NO5S/c1-20-6-10(2-3-10)21(18,19)15-4-7(9(16)17)8(5-15)11(12,13)14/h7-8H,2-6H2,1H3,(H,16,17)/t7-,8-/m1/s1. The average Bonchev–Trinajstić information content (AvgIpc) is 2.98. The van der Waals surface area contributed by atoms with E-state index in [4.69, 9.17) is 9.84 Å². The molecule has 0 aromatic rings. The first-order valence-corrected chi connectivity index (χ1v) is 7.77. The average molecular weight is 331 g/mol. The summed E-state index contributed by atoms with van der Waals surface area (Å²) in [5.74, 6) is -5.58. The zero-order chi connectivity index (χ0) is 16.1. The maximum absolute atomic E-state index is 12.9. The maximum Gasteiger partial charge on any atom is 0.393 e. The van der Waals surface area contributed by atoms with Crippen LogP contribution in [-0.2, 0) is 19.6 Å². The highest BCUT2D eigenvalue weighted by Gasteiger charge is 2.62. The van der Waals surface area contributed by atoms with Gasteiger partial charge in [-0.15, -0.1) is 0 Å². The molecule has 2 fully saturated rings. The van der Waals surface area contributed by atoms with Crippen molar-refractivity contribution in [1.82, 2.24) is 4.31 Å². The summed E-state index contributed by atoms with van der Waals surface area (Å²) in [4.78, 5) is 11.0. The number of carboxylic acids is 1. The largest absolute Gasteiger partial charge is 0.481 e. The van der Waals surface area contributed by atoms with Crippen LogP contribution in [0.25, 0.3) is 0 Å². The fraction of sp³-hybridized carbons (Fsp3) is 0.909. The number of halogens is 3. The Bertz CT molecular complexity index is 528. The van der Waals surface area contributed by atoms with Crippen molar-refractivity contribution in [3.8, 4) is 0 Å². The van der Waals surface area contributed by atoms with Gasteiger partial charge in [0.1, 0.15) is 4.75 Å². The molecule has 6 nitrogen and oxygen atoms in total. The molecule has 0 radical (unpaired) electrons. The van der Waals surface area contributed by atoms with E-state index in [9.17, 15) is 26.4 Å². The van der Waals surface area contributed by atoms with Crippen molar-refractivity contribution in [2.75, 3.05) is 26.8 Å². The van der Waals surface area contributed by atoms with Gasteiger partial charge in [-0.2, -0.15) is 17.5 Å². The van der Waals surface area contributed by atoms with Crippen molar-refractivity contribution in [1.29, 1.82) is 0 Å². The Morgan fingerprint density at radius 3 is 2.29 bits per heavy atom. The third-order valence-electron chi connectivity index (χ3n) is 4.13. The third kappa shape index (κ3) is 2.76. The van der Waals surface area contributed by atoms with Crippen LogP contribution in [0.4, 0.5) is 13.2 Å². The van der Waals surface area contributed by atoms with Crippen LogP contribution < -0.4 is 0 Å². The van der Waals surface area contributed by atoms with E-state index >= 15 is 0 Å². The van der Waals surface area contributed by atoms with E-state index in [-0.39, 0.29) is 6.61 Å². The molecule has 0 aromatic heterocycles. The lowest BCUT2D eigenvalue weighted by Gasteiger charge is -2.23. The summed E-state index contributed by atoms with van der Waals surface area (Å²) in [6, 6.07) is 0. The molecule has 0 spiro atoms. The van der Waals surface area contributed by atoms with Crippen LogP contribution in [0, 0.1) is 11.8 Å². The normalized spacial score (nSPS) is 29.5. The van der Waals surface area contributed by atoms with Gasteiger partial charge in [-0.25, -0.2) is 8.42 Å². The molecule has 1 N–H and O–H groups in total. The van der Waals surface area contributed by atoms with Crippen LogP contribution in [0.5, 0.6) is 0 Å². The van der Waals surface area contributed by atoms with Crippen LogP contribution in [0.15, 0.2) is 0 Å². The molecule has 10 heteroatoms. The van der Waals surface area contributed by atoms with Gasteiger partial charge in [0.2, 0.25) is 10.0 Å². The second-order valence-corrected chi connectivity index (χ2v) is 7.86. The van der Waals surface area contributed by atoms with Gasteiger partial charge in [0.15, 0.2) is 0 Å². The number of sulfonamides is 1. The van der Waals surface area contributed by atoms with Crippen molar-refractivity contribution < 1.29 is 36.2 Å². The quantitative estimate of drug-likeness (QED) is 0.801. The first-order valence-electron chi connectivity index (χ1n) is 6.33. The number of hydrogen-bond donors (Lipinski definition) is 1. The zero-order valence-electron chi connectivity index (χ0n) is 11.3. The lowest BCUT2D eigenvalue weighted by atomic mass is 9.96. The van der Waals surface area contributed by atoms with Gasteiger partial charge in [0, 0.05) is 20.2 Å².